The van der Waals surface area contributed by atoms with Gasteiger partial charge in [0.1, 0.15) is 6.10 Å². The second-order valence-electron chi connectivity index (χ2n) is 3.67. The summed E-state index contributed by atoms with van der Waals surface area (Å²) in [5.74, 6) is 0.454. The summed E-state index contributed by atoms with van der Waals surface area (Å²) in [6.45, 7) is 3.66. The van der Waals surface area contributed by atoms with Crippen molar-refractivity contribution < 1.29 is 9.53 Å². The van der Waals surface area contributed by atoms with Crippen LogP contribution in [-0.2, 0) is 9.53 Å². The van der Waals surface area contributed by atoms with Crippen molar-refractivity contribution in [1.82, 2.24) is 0 Å². The first-order chi connectivity index (χ1) is 6.22. The minimum atomic E-state index is -0.175. The van der Waals surface area contributed by atoms with Crippen molar-refractivity contribution in [2.75, 3.05) is 0 Å². The normalized spacial score (nSPS) is 26.3. The third kappa shape index (κ3) is 3.62. The fraction of sp³-hybridized carbons (Fsp3) is 0.727. The molecule has 0 saturated heterocycles. The van der Waals surface area contributed by atoms with Gasteiger partial charge in [-0.3, -0.25) is 4.79 Å². The molecule has 0 saturated carbocycles. The van der Waals surface area contributed by atoms with Gasteiger partial charge in [-0.15, -0.1) is 0 Å². The number of esters is 1. The van der Waals surface area contributed by atoms with Crippen LogP contribution in [0.4, 0.5) is 0 Å². The van der Waals surface area contributed by atoms with Crippen molar-refractivity contribution in [1.29, 1.82) is 0 Å². The first kappa shape index (κ1) is 10.3. The van der Waals surface area contributed by atoms with Crippen LogP contribution in [0.5, 0.6) is 0 Å². The van der Waals surface area contributed by atoms with Crippen molar-refractivity contribution in [3.8, 4) is 0 Å². The maximum atomic E-state index is 10.7. The Morgan fingerprint density at radius 2 is 2.31 bits per heavy atom. The molecule has 13 heavy (non-hydrogen) atoms. The molecule has 1 aliphatic carbocycles. The topological polar surface area (TPSA) is 26.3 Å². The van der Waals surface area contributed by atoms with Gasteiger partial charge in [-0.1, -0.05) is 25.8 Å². The quantitative estimate of drug-likeness (QED) is 0.493. The Morgan fingerprint density at radius 1 is 1.54 bits per heavy atom. The smallest absolute Gasteiger partial charge is 0.303 e. The van der Waals surface area contributed by atoms with E-state index in [0.29, 0.717) is 5.92 Å². The maximum Gasteiger partial charge on any atom is 0.303 e. The minimum absolute atomic E-state index is 0.0411. The first-order valence-electron chi connectivity index (χ1n) is 5.08. The van der Waals surface area contributed by atoms with Crippen LogP contribution < -0.4 is 0 Å². The summed E-state index contributed by atoms with van der Waals surface area (Å²) in [7, 11) is 0. The molecule has 0 aromatic rings. The molecule has 0 spiro atoms. The largest absolute Gasteiger partial charge is 0.458 e. The lowest BCUT2D eigenvalue weighted by molar-refractivity contribution is -0.144. The predicted octanol–water partition coefficient (Wildman–Crippen LogP) is 2.68. The molecule has 1 rings (SSSR count). The van der Waals surface area contributed by atoms with Crippen molar-refractivity contribution in [3.05, 3.63) is 12.2 Å². The van der Waals surface area contributed by atoms with Crippen LogP contribution in [-0.4, -0.2) is 12.1 Å². The molecule has 2 atom stereocenters. The Morgan fingerprint density at radius 3 is 2.92 bits per heavy atom. The zero-order valence-corrected chi connectivity index (χ0v) is 8.45. The van der Waals surface area contributed by atoms with Crippen LogP contribution in [0, 0.1) is 5.92 Å². The zero-order valence-electron chi connectivity index (χ0n) is 8.45. The number of hydrogen-bond acceptors (Lipinski definition) is 2. The summed E-state index contributed by atoms with van der Waals surface area (Å²) in [5.41, 5.74) is 0. The molecular weight excluding hydrogens is 164 g/mol. The summed E-state index contributed by atoms with van der Waals surface area (Å²) >= 11 is 0. The number of ether oxygens (including phenoxy) is 1. The van der Waals surface area contributed by atoms with E-state index in [1.807, 2.05) is 6.08 Å². The van der Waals surface area contributed by atoms with E-state index in [-0.39, 0.29) is 12.1 Å². The van der Waals surface area contributed by atoms with Gasteiger partial charge in [0.15, 0.2) is 0 Å². The highest BCUT2D eigenvalue weighted by atomic mass is 16.5. The lowest BCUT2D eigenvalue weighted by atomic mass is 10.0. The summed E-state index contributed by atoms with van der Waals surface area (Å²) in [6.07, 6.45) is 8.96. The van der Waals surface area contributed by atoms with Crippen LogP contribution in [0.15, 0.2) is 12.2 Å². The van der Waals surface area contributed by atoms with Crippen LogP contribution in [0.2, 0.25) is 0 Å². The van der Waals surface area contributed by atoms with E-state index in [4.69, 9.17) is 4.74 Å². The monoisotopic (exact) mass is 182 g/mol. The zero-order chi connectivity index (χ0) is 9.68. The Labute approximate surface area is 80.0 Å². The third-order valence-electron chi connectivity index (χ3n) is 2.38. The molecule has 0 N–H and O–H groups in total. The highest BCUT2D eigenvalue weighted by molar-refractivity contribution is 5.66. The van der Waals surface area contributed by atoms with Gasteiger partial charge in [0, 0.05) is 6.92 Å². The summed E-state index contributed by atoms with van der Waals surface area (Å²) < 4.78 is 5.10. The number of rotatable bonds is 4. The first-order valence-corrected chi connectivity index (χ1v) is 5.08. The Bertz CT molecular complexity index is 196. The van der Waals surface area contributed by atoms with Crippen LogP contribution in [0.25, 0.3) is 0 Å². The number of hydrogen-bond donors (Lipinski definition) is 0. The molecule has 1 aliphatic rings. The third-order valence-corrected chi connectivity index (χ3v) is 2.38. The van der Waals surface area contributed by atoms with Gasteiger partial charge in [-0.05, 0) is 24.8 Å². The van der Waals surface area contributed by atoms with Crippen LogP contribution >= 0.6 is 0 Å². The fourth-order valence-corrected chi connectivity index (χ4v) is 1.72. The van der Waals surface area contributed by atoms with Crippen molar-refractivity contribution in [3.63, 3.8) is 0 Å². The molecule has 0 fully saturated rings. The Hall–Kier alpha value is -0.790. The number of unbranched alkanes of at least 4 members (excludes halogenated alkanes) is 1. The number of carbonyl (C=O) groups excluding carboxylic acids is 1. The van der Waals surface area contributed by atoms with Gasteiger partial charge >= 0.3 is 5.97 Å². The fourth-order valence-electron chi connectivity index (χ4n) is 1.72. The Kier molecular flexibility index (Phi) is 4.00. The average Bonchev–Trinajstić information content (AvgIpc) is 2.48. The molecule has 0 unspecified atom stereocenters. The van der Waals surface area contributed by atoms with E-state index in [1.54, 1.807) is 0 Å². The summed E-state index contributed by atoms with van der Waals surface area (Å²) in [5, 5.41) is 0. The minimum Gasteiger partial charge on any atom is -0.458 e. The lowest BCUT2D eigenvalue weighted by Gasteiger charge is -2.11. The molecule has 0 radical (unpaired) electrons. The second-order valence-corrected chi connectivity index (χ2v) is 3.67. The predicted molar refractivity (Wildman–Crippen MR) is 52.3 cm³/mol. The Balaban J connectivity index is 2.21. The molecule has 0 heterocycles. The molecule has 0 aromatic heterocycles. The maximum absolute atomic E-state index is 10.7. The second kappa shape index (κ2) is 5.05. The number of allylic oxidation sites excluding steroid dienone is 1. The molecule has 74 valence electrons. The van der Waals surface area contributed by atoms with E-state index in [0.717, 1.165) is 6.42 Å². The van der Waals surface area contributed by atoms with Gasteiger partial charge in [0.25, 0.3) is 0 Å². The van der Waals surface area contributed by atoms with E-state index >= 15 is 0 Å². The van der Waals surface area contributed by atoms with Crippen LogP contribution in [0.1, 0.15) is 39.5 Å². The van der Waals surface area contributed by atoms with Gasteiger partial charge < -0.3 is 4.74 Å². The van der Waals surface area contributed by atoms with E-state index in [1.165, 1.54) is 26.2 Å². The van der Waals surface area contributed by atoms with Gasteiger partial charge in [0.2, 0.25) is 0 Å². The van der Waals surface area contributed by atoms with Gasteiger partial charge in [0.05, 0.1) is 0 Å². The van der Waals surface area contributed by atoms with E-state index in [2.05, 4.69) is 13.0 Å². The molecule has 0 amide bonds. The highest BCUT2D eigenvalue weighted by Crippen LogP contribution is 2.24. The molecule has 2 heteroatoms. The van der Waals surface area contributed by atoms with Crippen molar-refractivity contribution in [2.24, 2.45) is 5.92 Å². The summed E-state index contributed by atoms with van der Waals surface area (Å²) in [6, 6.07) is 0. The van der Waals surface area contributed by atoms with Crippen LogP contribution in [0.3, 0.4) is 0 Å². The van der Waals surface area contributed by atoms with E-state index in [9.17, 15) is 4.79 Å². The van der Waals surface area contributed by atoms with Gasteiger partial charge in [-0.25, -0.2) is 0 Å². The van der Waals surface area contributed by atoms with Gasteiger partial charge in [-0.2, -0.15) is 0 Å². The van der Waals surface area contributed by atoms with E-state index < -0.39 is 0 Å². The van der Waals surface area contributed by atoms with Crippen molar-refractivity contribution in [2.45, 2.75) is 45.6 Å². The standard InChI is InChI=1S/C11H18O2/c1-3-4-5-10-6-7-11(8-10)13-9(2)12/h6-7,10-11H,3-5,8H2,1-2H3/t10-,11+/m1/s1. The lowest BCUT2D eigenvalue weighted by Crippen LogP contribution is -2.12. The SMILES string of the molecule is CCCC[C@@H]1C=C[C@H](OC(C)=O)C1. The summed E-state index contributed by atoms with van der Waals surface area (Å²) in [4.78, 5) is 10.7. The molecule has 0 bridgehead atoms. The van der Waals surface area contributed by atoms with Crippen molar-refractivity contribution >= 4 is 5.97 Å². The highest BCUT2D eigenvalue weighted by Gasteiger charge is 2.20. The molecule has 0 aliphatic heterocycles. The molecule has 2 nitrogen and oxygen atoms in total. The molecule has 0 aromatic carbocycles. The number of carbonyl (C=O) groups is 1. The molecular formula is C11H18O2. The average molecular weight is 182 g/mol.